The third-order valence-electron chi connectivity index (χ3n) is 6.27. The molecule has 1 aromatic carbocycles. The van der Waals surface area contributed by atoms with E-state index in [9.17, 15) is 39.9 Å². The molecular weight excluding hydrogens is 512 g/mol. The Hall–Kier alpha value is -2.70. The third-order valence-corrected chi connectivity index (χ3v) is 6.27. The van der Waals surface area contributed by atoms with E-state index in [1.165, 1.54) is 4.90 Å². The number of nitrogens with zero attached hydrogens (tertiary/aromatic N) is 3. The first-order valence-electron chi connectivity index (χ1n) is 12.0. The SMILES string of the molecule is CCCN(CCCc1ccc(F)c(F)c1C(F)(F)F)C(=O)c1n[nH]c2c1CN(CCC(F)(F)F)CCC2. The summed E-state index contributed by atoms with van der Waals surface area (Å²) in [6.07, 6.45) is -8.91. The number of hydrogen-bond acceptors (Lipinski definition) is 3. The smallest absolute Gasteiger partial charge is 0.337 e. The number of carbonyl (C=O) groups excluding carboxylic acids is 1. The minimum Gasteiger partial charge on any atom is -0.337 e. The summed E-state index contributed by atoms with van der Waals surface area (Å²) >= 11 is 0. The molecule has 1 N–H and O–H groups in total. The summed E-state index contributed by atoms with van der Waals surface area (Å²) in [6.45, 7) is 2.44. The molecule has 0 unspecified atom stereocenters. The van der Waals surface area contributed by atoms with Crippen LogP contribution in [0.15, 0.2) is 12.1 Å². The Morgan fingerprint density at radius 1 is 1.14 bits per heavy atom. The highest BCUT2D eigenvalue weighted by Crippen LogP contribution is 2.35. The highest BCUT2D eigenvalue weighted by Gasteiger charge is 2.38. The van der Waals surface area contributed by atoms with E-state index in [1.54, 1.807) is 11.8 Å². The number of rotatable bonds is 9. The topological polar surface area (TPSA) is 52.2 Å². The van der Waals surface area contributed by atoms with E-state index in [-0.39, 0.29) is 44.7 Å². The molecule has 0 fully saturated rings. The van der Waals surface area contributed by atoms with Crippen molar-refractivity contribution in [1.29, 1.82) is 0 Å². The number of aryl methyl sites for hydroxylation is 2. The molecule has 13 heteroatoms. The molecule has 0 spiro atoms. The van der Waals surface area contributed by atoms with E-state index in [0.29, 0.717) is 43.1 Å². The minimum absolute atomic E-state index is 0.0301. The standard InChI is InChI=1S/C24H28F8N4O/c1-2-10-36(12-3-5-15-7-8-17(25)20(26)19(15)24(30,31)32)22(37)21-16-14-35(13-9-23(27,28)29)11-4-6-18(16)33-34-21/h7-8H,2-6,9-14H2,1H3,(H,33,34). The summed E-state index contributed by atoms with van der Waals surface area (Å²) in [5.74, 6) is -4.04. The number of alkyl halides is 6. The van der Waals surface area contributed by atoms with Gasteiger partial charge in [-0.1, -0.05) is 13.0 Å². The quantitative estimate of drug-likeness (QED) is 0.404. The van der Waals surface area contributed by atoms with Gasteiger partial charge in [0.1, 0.15) is 0 Å². The molecule has 5 nitrogen and oxygen atoms in total. The van der Waals surface area contributed by atoms with Crippen LogP contribution in [0.25, 0.3) is 0 Å². The summed E-state index contributed by atoms with van der Waals surface area (Å²) in [7, 11) is 0. The van der Waals surface area contributed by atoms with Crippen molar-refractivity contribution in [3.05, 3.63) is 51.8 Å². The summed E-state index contributed by atoms with van der Waals surface area (Å²) in [5.41, 5.74) is -0.801. The van der Waals surface area contributed by atoms with Gasteiger partial charge in [0.05, 0.1) is 12.0 Å². The summed E-state index contributed by atoms with van der Waals surface area (Å²) in [6, 6.07) is 1.52. The van der Waals surface area contributed by atoms with Crippen LogP contribution in [0.3, 0.4) is 0 Å². The molecule has 0 bridgehead atoms. The van der Waals surface area contributed by atoms with Crippen LogP contribution in [0.5, 0.6) is 0 Å². The molecule has 2 aromatic rings. The number of aromatic nitrogens is 2. The monoisotopic (exact) mass is 540 g/mol. The van der Waals surface area contributed by atoms with Crippen LogP contribution in [-0.2, 0) is 25.6 Å². The first kappa shape index (κ1) is 28.9. The average Bonchev–Trinajstić information content (AvgIpc) is 3.07. The number of benzene rings is 1. The van der Waals surface area contributed by atoms with Crippen molar-refractivity contribution >= 4 is 5.91 Å². The van der Waals surface area contributed by atoms with E-state index in [1.807, 2.05) is 0 Å². The lowest BCUT2D eigenvalue weighted by Gasteiger charge is -2.24. The average molecular weight is 540 g/mol. The molecule has 0 radical (unpaired) electrons. The van der Waals surface area contributed by atoms with Gasteiger partial charge < -0.3 is 4.90 Å². The van der Waals surface area contributed by atoms with Crippen molar-refractivity contribution < 1.29 is 39.9 Å². The molecule has 0 atom stereocenters. The molecule has 2 heterocycles. The molecule has 206 valence electrons. The van der Waals surface area contributed by atoms with Crippen LogP contribution in [0, 0.1) is 11.6 Å². The van der Waals surface area contributed by atoms with Gasteiger partial charge >= 0.3 is 12.4 Å². The van der Waals surface area contributed by atoms with E-state index < -0.39 is 47.4 Å². The van der Waals surface area contributed by atoms with Gasteiger partial charge in [-0.3, -0.25) is 14.8 Å². The highest BCUT2D eigenvalue weighted by molar-refractivity contribution is 5.94. The number of halogens is 8. The number of carbonyl (C=O) groups is 1. The van der Waals surface area contributed by atoms with Crippen LogP contribution in [0.2, 0.25) is 0 Å². The number of amides is 1. The predicted molar refractivity (Wildman–Crippen MR) is 119 cm³/mol. The maximum absolute atomic E-state index is 13.9. The lowest BCUT2D eigenvalue weighted by molar-refractivity contribution is -0.141. The number of H-pyrrole nitrogens is 1. The van der Waals surface area contributed by atoms with Crippen molar-refractivity contribution in [2.24, 2.45) is 0 Å². The van der Waals surface area contributed by atoms with E-state index in [0.717, 1.165) is 6.07 Å². The second kappa shape index (κ2) is 11.8. The van der Waals surface area contributed by atoms with Crippen LogP contribution in [0.4, 0.5) is 35.1 Å². The van der Waals surface area contributed by atoms with Crippen molar-refractivity contribution in [3.8, 4) is 0 Å². The van der Waals surface area contributed by atoms with Gasteiger partial charge in [-0.15, -0.1) is 0 Å². The summed E-state index contributed by atoms with van der Waals surface area (Å²) in [4.78, 5) is 16.4. The van der Waals surface area contributed by atoms with Crippen molar-refractivity contribution in [1.82, 2.24) is 20.0 Å². The van der Waals surface area contributed by atoms with Crippen LogP contribution >= 0.6 is 0 Å². The molecule has 37 heavy (non-hydrogen) atoms. The minimum atomic E-state index is -5.08. The number of nitrogens with one attached hydrogen (secondary N) is 1. The maximum Gasteiger partial charge on any atom is 0.419 e. The second-order valence-corrected chi connectivity index (χ2v) is 9.06. The first-order chi connectivity index (χ1) is 17.3. The Morgan fingerprint density at radius 3 is 2.51 bits per heavy atom. The van der Waals surface area contributed by atoms with Gasteiger partial charge in [-0.2, -0.15) is 31.4 Å². The number of fused-ring (bicyclic) bond motifs is 1. The Morgan fingerprint density at radius 2 is 1.86 bits per heavy atom. The van der Waals surface area contributed by atoms with Gasteiger partial charge in [0, 0.05) is 37.4 Å². The number of hydrogen-bond donors (Lipinski definition) is 1. The fourth-order valence-corrected chi connectivity index (χ4v) is 4.51. The van der Waals surface area contributed by atoms with Gasteiger partial charge in [-0.05, 0) is 50.3 Å². The molecule has 0 saturated carbocycles. The molecule has 1 aromatic heterocycles. The fourth-order valence-electron chi connectivity index (χ4n) is 4.51. The van der Waals surface area contributed by atoms with Gasteiger partial charge in [0.25, 0.3) is 5.91 Å². The molecule has 0 aliphatic carbocycles. The Balaban J connectivity index is 1.73. The zero-order valence-corrected chi connectivity index (χ0v) is 20.2. The molecule has 1 aliphatic heterocycles. The van der Waals surface area contributed by atoms with Crippen LogP contribution in [0.1, 0.15) is 65.5 Å². The van der Waals surface area contributed by atoms with E-state index in [4.69, 9.17) is 0 Å². The van der Waals surface area contributed by atoms with Crippen LogP contribution in [-0.4, -0.2) is 58.3 Å². The first-order valence-corrected chi connectivity index (χ1v) is 12.0. The van der Waals surface area contributed by atoms with Crippen LogP contribution < -0.4 is 0 Å². The van der Waals surface area contributed by atoms with E-state index in [2.05, 4.69) is 10.2 Å². The molecule has 0 saturated heterocycles. The molecule has 3 rings (SSSR count). The Labute approximate surface area is 208 Å². The summed E-state index contributed by atoms with van der Waals surface area (Å²) in [5, 5.41) is 6.92. The largest absolute Gasteiger partial charge is 0.419 e. The Bertz CT molecular complexity index is 1080. The van der Waals surface area contributed by atoms with E-state index >= 15 is 0 Å². The number of aromatic amines is 1. The van der Waals surface area contributed by atoms with Gasteiger partial charge in [0.2, 0.25) is 0 Å². The van der Waals surface area contributed by atoms with Gasteiger partial charge in [-0.25, -0.2) is 8.78 Å². The lowest BCUT2D eigenvalue weighted by Crippen LogP contribution is -2.35. The Kier molecular flexibility index (Phi) is 9.19. The highest BCUT2D eigenvalue weighted by atomic mass is 19.4. The molecule has 1 aliphatic rings. The fraction of sp³-hybridized carbons (Fsp3) is 0.583. The molecule has 1 amide bonds. The summed E-state index contributed by atoms with van der Waals surface area (Å²) < 4.78 is 105. The van der Waals surface area contributed by atoms with Crippen molar-refractivity contribution in [2.45, 2.75) is 64.3 Å². The zero-order chi connectivity index (χ0) is 27.4. The normalized spacial score (nSPS) is 14.9. The lowest BCUT2D eigenvalue weighted by atomic mass is 10.0. The molecular formula is C24H28F8N4O. The van der Waals surface area contributed by atoms with Gasteiger partial charge in [0.15, 0.2) is 17.3 Å². The predicted octanol–water partition coefficient (Wildman–Crippen LogP) is 5.89. The van der Waals surface area contributed by atoms with Crippen molar-refractivity contribution in [2.75, 3.05) is 26.2 Å². The zero-order valence-electron chi connectivity index (χ0n) is 20.2. The maximum atomic E-state index is 13.9. The van der Waals surface area contributed by atoms with Crippen molar-refractivity contribution in [3.63, 3.8) is 0 Å². The third kappa shape index (κ3) is 7.42. The second-order valence-electron chi connectivity index (χ2n) is 9.06.